The smallest absolute Gasteiger partial charge is 0.287 e. The molecule has 0 fully saturated rings. The minimum absolute atomic E-state index is 0.139. The van der Waals surface area contributed by atoms with Gasteiger partial charge in [0.2, 0.25) is 0 Å². The third-order valence-corrected chi connectivity index (χ3v) is 3.15. The molecule has 1 aromatic rings. The number of halogens is 1. The minimum Gasteiger partial charge on any atom is -0.444 e. The van der Waals surface area contributed by atoms with E-state index in [1.807, 2.05) is 0 Å². The maximum Gasteiger partial charge on any atom is 0.287 e. The molecule has 1 aliphatic rings. The van der Waals surface area contributed by atoms with Gasteiger partial charge < -0.3 is 9.73 Å². The van der Waals surface area contributed by atoms with Crippen LogP contribution >= 0.6 is 15.9 Å². The second-order valence-corrected chi connectivity index (χ2v) is 4.75. The molecule has 2 rings (SSSR count). The molecular formula is C12H14BrNO2. The first-order valence-electron chi connectivity index (χ1n) is 5.44. The number of carbonyl (C=O) groups excluding carboxylic acids is 1. The number of hydrogen-bond acceptors (Lipinski definition) is 2. The number of furan rings is 1. The third kappa shape index (κ3) is 2.98. The largest absolute Gasteiger partial charge is 0.444 e. The van der Waals surface area contributed by atoms with Crippen molar-refractivity contribution < 1.29 is 9.21 Å². The maximum absolute atomic E-state index is 11.7. The highest BCUT2D eigenvalue weighted by molar-refractivity contribution is 9.10. The SMILES string of the molecule is O=C(NCC1CC=CCC1)c1ccc(Br)o1. The molecule has 0 radical (unpaired) electrons. The quantitative estimate of drug-likeness (QED) is 0.866. The Hall–Kier alpha value is -1.03. The fraction of sp³-hybridized carbons (Fsp3) is 0.417. The van der Waals surface area contributed by atoms with Gasteiger partial charge in [0, 0.05) is 6.54 Å². The molecule has 1 unspecified atom stereocenters. The molecule has 0 spiro atoms. The van der Waals surface area contributed by atoms with E-state index < -0.39 is 0 Å². The number of hydrogen-bond donors (Lipinski definition) is 1. The lowest BCUT2D eigenvalue weighted by Gasteiger charge is -2.17. The predicted octanol–water partition coefficient (Wildman–Crippen LogP) is 3.13. The van der Waals surface area contributed by atoms with E-state index in [2.05, 4.69) is 33.4 Å². The highest BCUT2D eigenvalue weighted by Crippen LogP contribution is 2.17. The van der Waals surface area contributed by atoms with E-state index in [4.69, 9.17) is 4.42 Å². The van der Waals surface area contributed by atoms with E-state index >= 15 is 0 Å². The van der Waals surface area contributed by atoms with E-state index in [1.54, 1.807) is 12.1 Å². The Balaban J connectivity index is 1.81. The maximum atomic E-state index is 11.7. The van der Waals surface area contributed by atoms with Crippen LogP contribution in [0.1, 0.15) is 29.8 Å². The second-order valence-electron chi connectivity index (χ2n) is 3.96. The zero-order valence-electron chi connectivity index (χ0n) is 8.91. The van der Waals surface area contributed by atoms with Crippen molar-refractivity contribution in [3.63, 3.8) is 0 Å². The molecular weight excluding hydrogens is 270 g/mol. The molecule has 0 saturated carbocycles. The van der Waals surface area contributed by atoms with Crippen LogP contribution in [0, 0.1) is 5.92 Å². The van der Waals surface area contributed by atoms with Gasteiger partial charge in [0.25, 0.3) is 5.91 Å². The van der Waals surface area contributed by atoms with E-state index in [1.165, 1.54) is 0 Å². The molecule has 0 aliphatic heterocycles. The van der Waals surface area contributed by atoms with Gasteiger partial charge in [0.15, 0.2) is 10.4 Å². The summed E-state index contributed by atoms with van der Waals surface area (Å²) in [6.45, 7) is 0.724. The molecule has 1 heterocycles. The predicted molar refractivity (Wildman–Crippen MR) is 65.2 cm³/mol. The van der Waals surface area contributed by atoms with Gasteiger partial charge in [0.05, 0.1) is 0 Å². The Bertz CT molecular complexity index is 397. The average molecular weight is 284 g/mol. The van der Waals surface area contributed by atoms with Crippen molar-refractivity contribution in [1.82, 2.24) is 5.32 Å². The van der Waals surface area contributed by atoms with Gasteiger partial charge in [-0.3, -0.25) is 4.79 Å². The monoisotopic (exact) mass is 283 g/mol. The van der Waals surface area contributed by atoms with Gasteiger partial charge >= 0.3 is 0 Å². The van der Waals surface area contributed by atoms with Crippen LogP contribution in [-0.2, 0) is 0 Å². The summed E-state index contributed by atoms with van der Waals surface area (Å²) >= 11 is 3.17. The number of carbonyl (C=O) groups is 1. The molecule has 86 valence electrons. The highest BCUT2D eigenvalue weighted by atomic mass is 79.9. The van der Waals surface area contributed by atoms with Crippen LogP contribution in [0.2, 0.25) is 0 Å². The molecule has 0 bridgehead atoms. The highest BCUT2D eigenvalue weighted by Gasteiger charge is 2.14. The summed E-state index contributed by atoms with van der Waals surface area (Å²) < 4.78 is 5.76. The average Bonchev–Trinajstić information content (AvgIpc) is 2.74. The van der Waals surface area contributed by atoms with Crippen LogP contribution in [0.4, 0.5) is 0 Å². The summed E-state index contributed by atoms with van der Waals surface area (Å²) in [6.07, 6.45) is 7.71. The second kappa shape index (κ2) is 5.34. The summed E-state index contributed by atoms with van der Waals surface area (Å²) in [4.78, 5) is 11.7. The number of nitrogens with one attached hydrogen (secondary N) is 1. The van der Waals surface area contributed by atoms with Crippen LogP contribution in [0.25, 0.3) is 0 Å². The van der Waals surface area contributed by atoms with Gasteiger partial charge in [0.1, 0.15) is 0 Å². The molecule has 3 nitrogen and oxygen atoms in total. The summed E-state index contributed by atoms with van der Waals surface area (Å²) in [5.41, 5.74) is 0. The van der Waals surface area contributed by atoms with Crippen LogP contribution in [-0.4, -0.2) is 12.5 Å². The van der Waals surface area contributed by atoms with Crippen molar-refractivity contribution in [1.29, 1.82) is 0 Å². The first kappa shape index (κ1) is 11.5. The number of allylic oxidation sites excluding steroid dienone is 2. The van der Waals surface area contributed by atoms with Crippen molar-refractivity contribution in [2.24, 2.45) is 5.92 Å². The van der Waals surface area contributed by atoms with Gasteiger partial charge in [-0.25, -0.2) is 0 Å². The fourth-order valence-corrected chi connectivity index (χ4v) is 2.11. The standard InChI is InChI=1S/C12H14BrNO2/c13-11-7-6-10(16-11)12(15)14-8-9-4-2-1-3-5-9/h1-2,6-7,9H,3-5,8H2,(H,14,15). The lowest BCUT2D eigenvalue weighted by molar-refractivity contribution is 0.0917. The lowest BCUT2D eigenvalue weighted by Crippen LogP contribution is -2.29. The minimum atomic E-state index is -0.139. The molecule has 1 aromatic heterocycles. The zero-order chi connectivity index (χ0) is 11.4. The van der Waals surface area contributed by atoms with Crippen molar-refractivity contribution in [2.45, 2.75) is 19.3 Å². The zero-order valence-corrected chi connectivity index (χ0v) is 10.5. The third-order valence-electron chi connectivity index (χ3n) is 2.73. The van der Waals surface area contributed by atoms with Crippen molar-refractivity contribution in [3.05, 3.63) is 34.7 Å². The molecule has 1 amide bonds. The van der Waals surface area contributed by atoms with Crippen LogP contribution < -0.4 is 5.32 Å². The van der Waals surface area contributed by atoms with Crippen molar-refractivity contribution in [3.8, 4) is 0 Å². The summed E-state index contributed by atoms with van der Waals surface area (Å²) in [7, 11) is 0. The Morgan fingerprint density at radius 3 is 3.00 bits per heavy atom. The first-order chi connectivity index (χ1) is 7.75. The molecule has 0 aromatic carbocycles. The van der Waals surface area contributed by atoms with Gasteiger partial charge in [-0.1, -0.05) is 12.2 Å². The van der Waals surface area contributed by atoms with E-state index in [0.29, 0.717) is 16.3 Å². The van der Waals surface area contributed by atoms with Crippen LogP contribution in [0.15, 0.2) is 33.4 Å². The Morgan fingerprint density at radius 1 is 1.50 bits per heavy atom. The Labute approximate surface area is 103 Å². The molecule has 0 saturated heterocycles. The molecule has 1 aliphatic carbocycles. The lowest BCUT2D eigenvalue weighted by atomic mass is 9.94. The first-order valence-corrected chi connectivity index (χ1v) is 6.23. The van der Waals surface area contributed by atoms with Crippen LogP contribution in [0.3, 0.4) is 0 Å². The topological polar surface area (TPSA) is 42.2 Å². The summed E-state index contributed by atoms with van der Waals surface area (Å²) in [5.74, 6) is 0.783. The van der Waals surface area contributed by atoms with E-state index in [9.17, 15) is 4.79 Å². The summed E-state index contributed by atoms with van der Waals surface area (Å²) in [5, 5.41) is 2.89. The normalized spacial score (nSPS) is 19.7. The van der Waals surface area contributed by atoms with Crippen molar-refractivity contribution in [2.75, 3.05) is 6.54 Å². The molecule has 4 heteroatoms. The van der Waals surface area contributed by atoms with E-state index in [0.717, 1.165) is 25.8 Å². The molecule has 1 N–H and O–H groups in total. The molecule has 1 atom stereocenters. The fourth-order valence-electron chi connectivity index (χ4n) is 1.80. The van der Waals surface area contributed by atoms with Gasteiger partial charge in [-0.05, 0) is 53.2 Å². The van der Waals surface area contributed by atoms with Crippen LogP contribution in [0.5, 0.6) is 0 Å². The number of amides is 1. The summed E-state index contributed by atoms with van der Waals surface area (Å²) in [6, 6.07) is 3.39. The number of rotatable bonds is 3. The van der Waals surface area contributed by atoms with Crippen molar-refractivity contribution >= 4 is 21.8 Å². The molecule has 16 heavy (non-hydrogen) atoms. The Kier molecular flexibility index (Phi) is 3.83. The Morgan fingerprint density at radius 2 is 2.38 bits per heavy atom. The van der Waals surface area contributed by atoms with E-state index in [-0.39, 0.29) is 5.91 Å². The van der Waals surface area contributed by atoms with Gasteiger partial charge in [-0.2, -0.15) is 0 Å². The van der Waals surface area contributed by atoms with Gasteiger partial charge in [-0.15, -0.1) is 0 Å².